The predicted octanol–water partition coefficient (Wildman–Crippen LogP) is 2.34. The third-order valence-electron chi connectivity index (χ3n) is 3.97. The summed E-state index contributed by atoms with van der Waals surface area (Å²) in [5, 5.41) is 3.49. The summed E-state index contributed by atoms with van der Waals surface area (Å²) in [6.45, 7) is 10.4. The lowest BCUT2D eigenvalue weighted by atomic mass is 10.1. The zero-order valence-corrected chi connectivity index (χ0v) is 13.6. The first-order valence-corrected chi connectivity index (χ1v) is 7.68. The first-order valence-electron chi connectivity index (χ1n) is 7.68. The number of nitrogens with zero attached hydrogens (tertiary/aromatic N) is 1. The zero-order chi connectivity index (χ0) is 15.6. The Morgan fingerprint density at radius 1 is 1.43 bits per heavy atom. The zero-order valence-electron chi connectivity index (χ0n) is 13.6. The number of primary amides is 1. The molecule has 1 saturated heterocycles. The summed E-state index contributed by atoms with van der Waals surface area (Å²) in [4.78, 5) is 13.7. The number of anilines is 1. The smallest absolute Gasteiger partial charge is 0.240 e. The van der Waals surface area contributed by atoms with Crippen LogP contribution < -0.4 is 16.0 Å². The molecule has 3 N–H and O–H groups in total. The highest BCUT2D eigenvalue weighted by atomic mass is 16.1. The van der Waals surface area contributed by atoms with Crippen molar-refractivity contribution in [2.24, 2.45) is 5.73 Å². The number of carbonyl (C=O) groups is 1. The van der Waals surface area contributed by atoms with Crippen molar-refractivity contribution in [2.75, 3.05) is 11.4 Å². The van der Waals surface area contributed by atoms with Gasteiger partial charge in [-0.3, -0.25) is 4.79 Å². The molecule has 1 fully saturated rings. The fourth-order valence-electron chi connectivity index (χ4n) is 2.87. The van der Waals surface area contributed by atoms with Gasteiger partial charge in [0.25, 0.3) is 0 Å². The van der Waals surface area contributed by atoms with E-state index in [0.717, 1.165) is 31.6 Å². The second kappa shape index (κ2) is 6.06. The molecular weight excluding hydrogens is 262 g/mol. The number of benzene rings is 1. The van der Waals surface area contributed by atoms with Gasteiger partial charge in [-0.15, -0.1) is 0 Å². The Hall–Kier alpha value is -1.55. The lowest BCUT2D eigenvalue weighted by Crippen LogP contribution is -2.40. The van der Waals surface area contributed by atoms with Gasteiger partial charge in [0.1, 0.15) is 6.04 Å². The molecule has 21 heavy (non-hydrogen) atoms. The van der Waals surface area contributed by atoms with E-state index in [1.165, 1.54) is 11.1 Å². The van der Waals surface area contributed by atoms with Crippen LogP contribution in [0.1, 0.15) is 44.7 Å². The molecule has 2 rings (SSSR count). The largest absolute Gasteiger partial charge is 0.368 e. The number of hydrogen-bond donors (Lipinski definition) is 2. The number of carbonyl (C=O) groups excluding carboxylic acids is 1. The van der Waals surface area contributed by atoms with Crippen LogP contribution in [-0.2, 0) is 11.3 Å². The van der Waals surface area contributed by atoms with Gasteiger partial charge in [0.2, 0.25) is 5.91 Å². The topological polar surface area (TPSA) is 58.4 Å². The molecule has 0 saturated carbocycles. The highest BCUT2D eigenvalue weighted by molar-refractivity contribution is 5.84. The van der Waals surface area contributed by atoms with E-state index in [2.05, 4.69) is 56.1 Å². The Morgan fingerprint density at radius 2 is 2.14 bits per heavy atom. The number of nitrogens with two attached hydrogens (primary N) is 1. The maximum absolute atomic E-state index is 11.5. The van der Waals surface area contributed by atoms with E-state index in [1.54, 1.807) is 0 Å². The summed E-state index contributed by atoms with van der Waals surface area (Å²) in [6, 6.07) is 6.31. The fraction of sp³-hybridized carbons (Fsp3) is 0.588. The third-order valence-corrected chi connectivity index (χ3v) is 3.97. The van der Waals surface area contributed by atoms with Crippen LogP contribution in [0.2, 0.25) is 0 Å². The number of aryl methyl sites for hydroxylation is 1. The Morgan fingerprint density at radius 3 is 2.71 bits per heavy atom. The van der Waals surface area contributed by atoms with Crippen LogP contribution in [0.4, 0.5) is 5.69 Å². The Bertz CT molecular complexity index is 519. The highest BCUT2D eigenvalue weighted by Gasteiger charge is 2.29. The molecule has 0 aromatic heterocycles. The van der Waals surface area contributed by atoms with Crippen LogP contribution in [-0.4, -0.2) is 24.0 Å². The molecule has 1 atom stereocenters. The standard InChI is InChI=1S/C17H27N3O/c1-12-10-13(11-19-17(2,3)4)7-8-14(12)20-9-5-6-15(20)16(18)21/h7-8,10,15,19H,5-6,9,11H2,1-4H3,(H2,18,21). The second-order valence-electron chi connectivity index (χ2n) is 6.98. The minimum atomic E-state index is -0.217. The number of nitrogens with one attached hydrogen (secondary N) is 1. The average molecular weight is 289 g/mol. The van der Waals surface area contributed by atoms with Crippen LogP contribution in [0.5, 0.6) is 0 Å². The van der Waals surface area contributed by atoms with Crippen LogP contribution in [0, 0.1) is 6.92 Å². The van der Waals surface area contributed by atoms with Crippen LogP contribution in [0.25, 0.3) is 0 Å². The van der Waals surface area contributed by atoms with Gasteiger partial charge < -0.3 is 16.0 Å². The Balaban J connectivity index is 2.14. The quantitative estimate of drug-likeness (QED) is 0.894. The van der Waals surface area contributed by atoms with Crippen molar-refractivity contribution in [2.45, 2.75) is 58.7 Å². The van der Waals surface area contributed by atoms with Gasteiger partial charge >= 0.3 is 0 Å². The van der Waals surface area contributed by atoms with Crippen molar-refractivity contribution in [1.82, 2.24) is 5.32 Å². The Kier molecular flexibility index (Phi) is 4.57. The SMILES string of the molecule is Cc1cc(CNC(C)(C)C)ccc1N1CCCC1C(N)=O. The van der Waals surface area contributed by atoms with Gasteiger partial charge in [0.05, 0.1) is 0 Å². The van der Waals surface area contributed by atoms with Gasteiger partial charge in [-0.25, -0.2) is 0 Å². The van der Waals surface area contributed by atoms with Gasteiger partial charge in [0, 0.05) is 24.3 Å². The fourth-order valence-corrected chi connectivity index (χ4v) is 2.87. The van der Waals surface area contributed by atoms with Gasteiger partial charge in [-0.1, -0.05) is 12.1 Å². The molecule has 1 aromatic carbocycles. The van der Waals surface area contributed by atoms with Gasteiger partial charge in [-0.2, -0.15) is 0 Å². The molecule has 4 nitrogen and oxygen atoms in total. The van der Waals surface area contributed by atoms with Crippen molar-refractivity contribution >= 4 is 11.6 Å². The molecule has 1 amide bonds. The minimum Gasteiger partial charge on any atom is -0.368 e. The van der Waals surface area contributed by atoms with Crippen molar-refractivity contribution < 1.29 is 4.79 Å². The molecule has 1 aliphatic heterocycles. The van der Waals surface area contributed by atoms with E-state index in [1.807, 2.05) is 0 Å². The molecule has 4 heteroatoms. The highest BCUT2D eigenvalue weighted by Crippen LogP contribution is 2.29. The van der Waals surface area contributed by atoms with Crippen LogP contribution in [0.3, 0.4) is 0 Å². The van der Waals surface area contributed by atoms with Crippen LogP contribution >= 0.6 is 0 Å². The summed E-state index contributed by atoms with van der Waals surface area (Å²) < 4.78 is 0. The van der Waals surface area contributed by atoms with Crippen LogP contribution in [0.15, 0.2) is 18.2 Å². The minimum absolute atomic E-state index is 0.110. The van der Waals surface area contributed by atoms with E-state index in [-0.39, 0.29) is 17.5 Å². The number of rotatable bonds is 4. The molecule has 116 valence electrons. The second-order valence-corrected chi connectivity index (χ2v) is 6.98. The lowest BCUT2D eigenvalue weighted by Gasteiger charge is -2.27. The first-order chi connectivity index (χ1) is 9.78. The lowest BCUT2D eigenvalue weighted by molar-refractivity contribution is -0.119. The van der Waals surface area contributed by atoms with E-state index < -0.39 is 0 Å². The maximum atomic E-state index is 11.5. The molecule has 1 aromatic rings. The molecule has 1 heterocycles. The molecule has 0 bridgehead atoms. The number of amides is 1. The van der Waals surface area contributed by atoms with Gasteiger partial charge in [0.15, 0.2) is 0 Å². The van der Waals surface area contributed by atoms with Crippen molar-refractivity contribution in [1.29, 1.82) is 0 Å². The van der Waals surface area contributed by atoms with Crippen molar-refractivity contribution in [3.63, 3.8) is 0 Å². The summed E-state index contributed by atoms with van der Waals surface area (Å²) in [5.74, 6) is -0.217. The van der Waals surface area contributed by atoms with Crippen molar-refractivity contribution in [3.05, 3.63) is 29.3 Å². The van der Waals surface area contributed by atoms with E-state index >= 15 is 0 Å². The summed E-state index contributed by atoms with van der Waals surface area (Å²) >= 11 is 0. The van der Waals surface area contributed by atoms with E-state index in [4.69, 9.17) is 5.73 Å². The molecule has 1 aliphatic rings. The monoisotopic (exact) mass is 289 g/mol. The maximum Gasteiger partial charge on any atom is 0.240 e. The predicted molar refractivity (Wildman–Crippen MR) is 87.3 cm³/mol. The molecular formula is C17H27N3O. The molecule has 0 spiro atoms. The summed E-state index contributed by atoms with van der Waals surface area (Å²) in [5.41, 5.74) is 9.22. The van der Waals surface area contributed by atoms with E-state index in [9.17, 15) is 4.79 Å². The van der Waals surface area contributed by atoms with E-state index in [0.29, 0.717) is 0 Å². The first kappa shape index (κ1) is 15.8. The summed E-state index contributed by atoms with van der Waals surface area (Å²) in [7, 11) is 0. The number of hydrogen-bond acceptors (Lipinski definition) is 3. The normalized spacial score (nSPS) is 19.0. The average Bonchev–Trinajstić information content (AvgIpc) is 2.84. The summed E-state index contributed by atoms with van der Waals surface area (Å²) in [6.07, 6.45) is 1.89. The third kappa shape index (κ3) is 3.97. The molecule has 0 radical (unpaired) electrons. The van der Waals surface area contributed by atoms with Gasteiger partial charge in [-0.05, 0) is 57.7 Å². The van der Waals surface area contributed by atoms with Crippen molar-refractivity contribution in [3.8, 4) is 0 Å². The molecule has 0 aliphatic carbocycles. The molecule has 1 unspecified atom stereocenters. The Labute approximate surface area is 127 Å².